The molecule has 148 valence electrons. The molecule has 3 aromatic rings. The minimum atomic E-state index is -0.278. The topological polar surface area (TPSA) is 85.9 Å². The molecular formula is C21H22N6O2. The molecule has 0 unspecified atom stereocenters. The number of hydrogen-bond donors (Lipinski definition) is 0. The monoisotopic (exact) mass is 390 g/mol. The maximum atomic E-state index is 13.1. The molecule has 1 aromatic carbocycles. The van der Waals surface area contributed by atoms with Gasteiger partial charge >= 0.3 is 0 Å². The molecule has 2 atom stereocenters. The molecule has 4 rings (SSSR count). The number of benzene rings is 1. The first kappa shape index (κ1) is 18.8. The van der Waals surface area contributed by atoms with E-state index in [-0.39, 0.29) is 29.1 Å². The van der Waals surface area contributed by atoms with Crippen molar-refractivity contribution >= 4 is 12.0 Å². The number of hydrogen-bond acceptors (Lipinski definition) is 5. The molecule has 0 aliphatic carbocycles. The Kier molecular flexibility index (Phi) is 5.07. The molecule has 8 nitrogen and oxygen atoms in total. The van der Waals surface area contributed by atoms with Gasteiger partial charge in [-0.25, -0.2) is 4.68 Å². The zero-order valence-electron chi connectivity index (χ0n) is 16.3. The van der Waals surface area contributed by atoms with Crippen molar-refractivity contribution in [3.8, 4) is 5.69 Å². The van der Waals surface area contributed by atoms with Crippen LogP contribution in [-0.2, 0) is 0 Å². The summed E-state index contributed by atoms with van der Waals surface area (Å²) in [5.74, 6) is 0.0250. The number of rotatable bonds is 4. The van der Waals surface area contributed by atoms with Gasteiger partial charge in [-0.3, -0.25) is 9.59 Å². The molecule has 0 spiro atoms. The Morgan fingerprint density at radius 2 is 1.93 bits per heavy atom. The first-order chi connectivity index (χ1) is 14.1. The van der Waals surface area contributed by atoms with Crippen LogP contribution >= 0.6 is 0 Å². The highest BCUT2D eigenvalue weighted by atomic mass is 16.2. The number of nitrogens with zero attached hydrogens (tertiary/aromatic N) is 6. The van der Waals surface area contributed by atoms with Crippen LogP contribution in [0, 0.1) is 5.92 Å². The fourth-order valence-electron chi connectivity index (χ4n) is 3.60. The summed E-state index contributed by atoms with van der Waals surface area (Å²) in [5, 5.41) is 12.7. The maximum absolute atomic E-state index is 13.1. The van der Waals surface area contributed by atoms with E-state index in [9.17, 15) is 9.59 Å². The molecule has 1 amide bonds. The third-order valence-electron chi connectivity index (χ3n) is 5.09. The summed E-state index contributed by atoms with van der Waals surface area (Å²) >= 11 is 0. The van der Waals surface area contributed by atoms with E-state index in [0.29, 0.717) is 18.8 Å². The summed E-state index contributed by atoms with van der Waals surface area (Å²) in [6.45, 7) is 5.13. The van der Waals surface area contributed by atoms with E-state index in [4.69, 9.17) is 0 Å². The van der Waals surface area contributed by atoms with Gasteiger partial charge in [-0.15, -0.1) is 5.10 Å². The van der Waals surface area contributed by atoms with Crippen molar-refractivity contribution in [3.63, 3.8) is 0 Å². The van der Waals surface area contributed by atoms with Gasteiger partial charge in [0.25, 0.3) is 11.5 Å². The van der Waals surface area contributed by atoms with Crippen LogP contribution in [0.5, 0.6) is 0 Å². The first-order valence-electron chi connectivity index (χ1n) is 9.56. The molecule has 1 aliphatic heterocycles. The smallest absolute Gasteiger partial charge is 0.274 e. The van der Waals surface area contributed by atoms with Crippen molar-refractivity contribution < 1.29 is 4.79 Å². The van der Waals surface area contributed by atoms with Crippen LogP contribution in [0.4, 0.5) is 0 Å². The Morgan fingerprint density at radius 1 is 1.14 bits per heavy atom. The summed E-state index contributed by atoms with van der Waals surface area (Å²) in [5.41, 5.74) is 1.38. The average Bonchev–Trinajstić information content (AvgIpc) is 3.35. The van der Waals surface area contributed by atoms with Crippen LogP contribution in [-0.4, -0.2) is 48.7 Å². The van der Waals surface area contributed by atoms with Gasteiger partial charge in [0.2, 0.25) is 0 Å². The van der Waals surface area contributed by atoms with Crippen molar-refractivity contribution in [1.82, 2.24) is 29.7 Å². The molecule has 0 saturated carbocycles. The second kappa shape index (κ2) is 7.83. The Bertz CT molecular complexity index is 1100. The molecule has 8 heteroatoms. The summed E-state index contributed by atoms with van der Waals surface area (Å²) < 4.78 is 3.08. The van der Waals surface area contributed by atoms with Gasteiger partial charge in [0.15, 0.2) is 0 Å². The van der Waals surface area contributed by atoms with E-state index in [1.807, 2.05) is 48.2 Å². The molecule has 0 radical (unpaired) electrons. The summed E-state index contributed by atoms with van der Waals surface area (Å²) in [6, 6.07) is 12.0. The number of carbonyl (C=O) groups excluding carboxylic acids is 1. The molecule has 29 heavy (non-hydrogen) atoms. The number of aromatic nitrogens is 5. The van der Waals surface area contributed by atoms with Gasteiger partial charge < -0.3 is 4.90 Å². The number of allylic oxidation sites excluding steroid dienone is 1. The highest BCUT2D eigenvalue weighted by molar-refractivity contribution is 5.92. The average molecular weight is 390 g/mol. The van der Waals surface area contributed by atoms with Crippen LogP contribution < -0.4 is 5.56 Å². The Labute approximate surface area is 168 Å². The Morgan fingerprint density at radius 3 is 2.69 bits per heavy atom. The van der Waals surface area contributed by atoms with Gasteiger partial charge in [-0.2, -0.15) is 9.78 Å². The molecule has 2 aromatic heterocycles. The third kappa shape index (κ3) is 3.73. The van der Waals surface area contributed by atoms with E-state index in [1.165, 1.54) is 16.8 Å². The maximum Gasteiger partial charge on any atom is 0.274 e. The van der Waals surface area contributed by atoms with Gasteiger partial charge in [-0.1, -0.05) is 36.4 Å². The minimum Gasteiger partial charge on any atom is -0.335 e. The second-order valence-corrected chi connectivity index (χ2v) is 7.18. The van der Waals surface area contributed by atoms with Gasteiger partial charge in [0, 0.05) is 19.2 Å². The predicted molar refractivity (Wildman–Crippen MR) is 109 cm³/mol. The molecule has 1 aliphatic rings. The lowest BCUT2D eigenvalue weighted by molar-refractivity contribution is 0.0776. The van der Waals surface area contributed by atoms with Gasteiger partial charge in [-0.05, 0) is 37.1 Å². The lowest BCUT2D eigenvalue weighted by Crippen LogP contribution is -2.32. The molecule has 0 bridgehead atoms. The van der Waals surface area contributed by atoms with Crippen molar-refractivity contribution in [1.29, 1.82) is 0 Å². The van der Waals surface area contributed by atoms with Crippen molar-refractivity contribution in [2.45, 2.75) is 19.9 Å². The van der Waals surface area contributed by atoms with E-state index in [1.54, 1.807) is 17.0 Å². The lowest BCUT2D eigenvalue weighted by atomic mass is 10.1. The fraction of sp³-hybridized carbons (Fsp3) is 0.286. The van der Waals surface area contributed by atoms with Crippen LogP contribution in [0.1, 0.15) is 36.1 Å². The van der Waals surface area contributed by atoms with Crippen LogP contribution in [0.3, 0.4) is 0 Å². The quantitative estimate of drug-likeness (QED) is 0.682. The molecule has 1 saturated heterocycles. The number of likely N-dealkylation sites (tertiary alicyclic amines) is 1. The molecule has 1 fully saturated rings. The van der Waals surface area contributed by atoms with Crippen molar-refractivity contribution in [2.24, 2.45) is 5.92 Å². The number of carbonyl (C=O) groups is 1. The van der Waals surface area contributed by atoms with Gasteiger partial charge in [0.1, 0.15) is 11.4 Å². The Balaban J connectivity index is 1.56. The molecular weight excluding hydrogens is 368 g/mol. The van der Waals surface area contributed by atoms with E-state index < -0.39 is 0 Å². The summed E-state index contributed by atoms with van der Waals surface area (Å²) in [6.07, 6.45) is 5.70. The SMILES string of the molecule is C/C=C/c1cn([C@@H]2CN(C(=O)c3ccc(=O)n(-c4ccccc4)n3)C[C@@H]2C)nn1. The molecule has 0 N–H and O–H groups in total. The van der Waals surface area contributed by atoms with E-state index >= 15 is 0 Å². The second-order valence-electron chi connectivity index (χ2n) is 7.18. The van der Waals surface area contributed by atoms with E-state index in [2.05, 4.69) is 22.3 Å². The highest BCUT2D eigenvalue weighted by Gasteiger charge is 2.35. The van der Waals surface area contributed by atoms with E-state index in [0.717, 1.165) is 5.69 Å². The lowest BCUT2D eigenvalue weighted by Gasteiger charge is -2.16. The Hall–Kier alpha value is -3.55. The molecule has 3 heterocycles. The van der Waals surface area contributed by atoms with Crippen LogP contribution in [0.2, 0.25) is 0 Å². The van der Waals surface area contributed by atoms with Crippen molar-refractivity contribution in [3.05, 3.63) is 76.5 Å². The number of para-hydroxylation sites is 1. The van der Waals surface area contributed by atoms with Crippen LogP contribution in [0.25, 0.3) is 11.8 Å². The highest BCUT2D eigenvalue weighted by Crippen LogP contribution is 2.28. The zero-order chi connectivity index (χ0) is 20.4. The van der Waals surface area contributed by atoms with Gasteiger partial charge in [0.05, 0.1) is 17.9 Å². The van der Waals surface area contributed by atoms with Crippen LogP contribution in [0.15, 0.2) is 59.5 Å². The third-order valence-corrected chi connectivity index (χ3v) is 5.09. The predicted octanol–water partition coefficient (Wildman–Crippen LogP) is 2.19. The fourth-order valence-corrected chi connectivity index (χ4v) is 3.60. The normalized spacial score (nSPS) is 19.2. The number of amides is 1. The largest absolute Gasteiger partial charge is 0.335 e. The van der Waals surface area contributed by atoms with Crippen molar-refractivity contribution in [2.75, 3.05) is 13.1 Å². The standard InChI is InChI=1S/C21H22N6O2/c1-3-7-16-13-26(24-22-16)19-14-25(12-15(19)2)21(29)18-10-11-20(28)27(23-18)17-8-5-4-6-9-17/h3-11,13,15,19H,12,14H2,1-2H3/b7-3+/t15-,19+/m0/s1. The first-order valence-corrected chi connectivity index (χ1v) is 9.56. The zero-order valence-corrected chi connectivity index (χ0v) is 16.3. The minimum absolute atomic E-state index is 0.0467. The summed E-state index contributed by atoms with van der Waals surface area (Å²) in [7, 11) is 0. The summed E-state index contributed by atoms with van der Waals surface area (Å²) in [4.78, 5) is 27.0.